The Bertz CT molecular complexity index is 626. The summed E-state index contributed by atoms with van der Waals surface area (Å²) in [5.41, 5.74) is 1.09. The van der Waals surface area contributed by atoms with Gasteiger partial charge in [0.1, 0.15) is 0 Å². The molecule has 2 unspecified atom stereocenters. The first-order chi connectivity index (χ1) is 11.1. The first-order valence-electron chi connectivity index (χ1n) is 8.15. The van der Waals surface area contributed by atoms with Gasteiger partial charge in [-0.1, -0.05) is 24.6 Å². The maximum absolute atomic E-state index is 12.4. The van der Waals surface area contributed by atoms with E-state index in [1.54, 1.807) is 6.92 Å². The fourth-order valence-electron chi connectivity index (χ4n) is 4.73. The van der Waals surface area contributed by atoms with Gasteiger partial charge in [0.25, 0.3) is 0 Å². The third kappa shape index (κ3) is 2.70. The zero-order valence-corrected chi connectivity index (χ0v) is 15.2. The first kappa shape index (κ1) is 18.4. The molecule has 5 nitrogen and oxygen atoms in total. The Balaban J connectivity index is 2.51. The van der Waals surface area contributed by atoms with E-state index in [0.29, 0.717) is 25.7 Å². The Morgan fingerprint density at radius 3 is 2.17 bits per heavy atom. The van der Waals surface area contributed by atoms with Crippen molar-refractivity contribution < 1.29 is 23.9 Å². The van der Waals surface area contributed by atoms with E-state index in [-0.39, 0.29) is 17.1 Å². The molecule has 132 valence electrons. The third-order valence-corrected chi connectivity index (χ3v) is 5.76. The molecule has 2 aliphatic rings. The van der Waals surface area contributed by atoms with Gasteiger partial charge in [-0.2, -0.15) is 0 Å². The highest BCUT2D eigenvalue weighted by Crippen LogP contribution is 2.61. The first-order valence-corrected chi connectivity index (χ1v) is 8.15. The summed E-state index contributed by atoms with van der Waals surface area (Å²) in [4.78, 5) is 36.8. The lowest BCUT2D eigenvalue weighted by Crippen LogP contribution is -2.40. The molecule has 24 heavy (non-hydrogen) atoms. The number of carbonyl (C=O) groups excluding carboxylic acids is 3. The molecule has 0 heterocycles. The molecule has 5 heteroatoms. The lowest BCUT2D eigenvalue weighted by molar-refractivity contribution is -0.169. The molecular formula is C19H26O5. The molecule has 0 saturated heterocycles. The van der Waals surface area contributed by atoms with Gasteiger partial charge in [-0.3, -0.25) is 14.4 Å². The lowest BCUT2D eigenvalue weighted by Gasteiger charge is -2.31. The molecule has 0 aromatic carbocycles. The van der Waals surface area contributed by atoms with Crippen LogP contribution in [0.1, 0.15) is 46.5 Å². The Hall–Kier alpha value is -1.91. The summed E-state index contributed by atoms with van der Waals surface area (Å²) in [6, 6.07) is 0. The highest BCUT2D eigenvalue weighted by molar-refractivity contribution is 6.00. The highest BCUT2D eigenvalue weighted by Gasteiger charge is 2.62. The number of ether oxygens (including phenoxy) is 2. The Morgan fingerprint density at radius 1 is 1.17 bits per heavy atom. The van der Waals surface area contributed by atoms with E-state index in [9.17, 15) is 14.4 Å². The minimum absolute atomic E-state index is 0.0394. The second-order valence-corrected chi connectivity index (χ2v) is 7.48. The van der Waals surface area contributed by atoms with E-state index in [4.69, 9.17) is 9.47 Å². The van der Waals surface area contributed by atoms with Crippen LogP contribution in [0.25, 0.3) is 0 Å². The van der Waals surface area contributed by atoms with Crippen LogP contribution in [0.5, 0.6) is 0 Å². The van der Waals surface area contributed by atoms with E-state index in [2.05, 4.69) is 13.5 Å². The maximum Gasteiger partial charge on any atom is 0.323 e. The number of allylic oxidation sites excluding steroid dienone is 3. The number of rotatable bonds is 3. The van der Waals surface area contributed by atoms with Gasteiger partial charge in [0.2, 0.25) is 0 Å². The maximum atomic E-state index is 12.4. The van der Waals surface area contributed by atoms with Gasteiger partial charge in [-0.05, 0) is 56.4 Å². The molecule has 0 aromatic rings. The second-order valence-electron chi connectivity index (χ2n) is 7.48. The average molecular weight is 334 g/mol. The SMILES string of the molecule is C=C1CC(C(C)=O)=C(C)CC2(C)CC(C(=O)OC)(C(=O)OC)CC12. The summed E-state index contributed by atoms with van der Waals surface area (Å²) in [5, 5.41) is 0. The van der Waals surface area contributed by atoms with Crippen molar-refractivity contribution in [3.05, 3.63) is 23.3 Å². The summed E-state index contributed by atoms with van der Waals surface area (Å²) in [7, 11) is 2.58. The van der Waals surface area contributed by atoms with Crippen LogP contribution in [-0.4, -0.2) is 31.9 Å². The molecule has 0 N–H and O–H groups in total. The smallest absolute Gasteiger partial charge is 0.323 e. The number of hydrogen-bond donors (Lipinski definition) is 0. The molecule has 1 fully saturated rings. The summed E-state index contributed by atoms with van der Waals surface area (Å²) in [5.74, 6) is -1.08. The van der Waals surface area contributed by atoms with E-state index in [1.165, 1.54) is 14.2 Å². The Morgan fingerprint density at radius 2 is 1.71 bits per heavy atom. The van der Waals surface area contributed by atoms with E-state index in [1.807, 2.05) is 6.92 Å². The lowest BCUT2D eigenvalue weighted by atomic mass is 9.73. The van der Waals surface area contributed by atoms with Crippen LogP contribution < -0.4 is 0 Å². The standard InChI is InChI=1S/C19H26O5/c1-11-7-14(13(3)20)12(2)8-18(4)10-19(9-15(11)18,16(21)23-5)17(22)24-6/h15H,1,7-10H2,2-6H3. The summed E-state index contributed by atoms with van der Waals surface area (Å²) >= 11 is 0. The van der Waals surface area contributed by atoms with Crippen molar-refractivity contribution in [1.29, 1.82) is 0 Å². The van der Waals surface area contributed by atoms with Crippen molar-refractivity contribution in [2.45, 2.75) is 46.5 Å². The average Bonchev–Trinajstić information content (AvgIpc) is 2.80. The van der Waals surface area contributed by atoms with E-state index < -0.39 is 17.4 Å². The van der Waals surface area contributed by atoms with Crippen LogP contribution in [0.15, 0.2) is 23.3 Å². The minimum atomic E-state index is -1.29. The quantitative estimate of drug-likeness (QED) is 0.451. The molecule has 1 saturated carbocycles. The number of carbonyl (C=O) groups is 3. The van der Waals surface area contributed by atoms with E-state index in [0.717, 1.165) is 16.7 Å². The molecule has 0 bridgehead atoms. The topological polar surface area (TPSA) is 69.7 Å². The Kier molecular flexibility index (Phi) is 4.75. The molecule has 2 rings (SSSR count). The van der Waals surface area contributed by atoms with Crippen LogP contribution in [0, 0.1) is 16.7 Å². The Labute approximate surface area is 143 Å². The second kappa shape index (κ2) is 6.19. The van der Waals surface area contributed by atoms with Crippen LogP contribution in [0.2, 0.25) is 0 Å². The molecule has 0 aliphatic heterocycles. The predicted molar refractivity (Wildman–Crippen MR) is 89.1 cm³/mol. The van der Waals surface area contributed by atoms with Gasteiger partial charge in [0.05, 0.1) is 14.2 Å². The summed E-state index contributed by atoms with van der Waals surface area (Å²) in [6.45, 7) is 9.76. The number of fused-ring (bicyclic) bond motifs is 1. The summed E-state index contributed by atoms with van der Waals surface area (Å²) < 4.78 is 9.86. The van der Waals surface area contributed by atoms with E-state index >= 15 is 0 Å². The number of esters is 2. The van der Waals surface area contributed by atoms with Crippen molar-refractivity contribution in [2.24, 2.45) is 16.7 Å². The van der Waals surface area contributed by atoms with Crippen LogP contribution >= 0.6 is 0 Å². The zero-order valence-electron chi connectivity index (χ0n) is 15.2. The van der Waals surface area contributed by atoms with Gasteiger partial charge in [0.15, 0.2) is 11.2 Å². The zero-order chi connectivity index (χ0) is 18.3. The minimum Gasteiger partial charge on any atom is -0.468 e. The van der Waals surface area contributed by atoms with Crippen molar-refractivity contribution in [3.63, 3.8) is 0 Å². The van der Waals surface area contributed by atoms with Gasteiger partial charge in [0, 0.05) is 0 Å². The fraction of sp³-hybridized carbons (Fsp3) is 0.632. The molecule has 0 radical (unpaired) electrons. The number of hydrogen-bond acceptors (Lipinski definition) is 5. The monoisotopic (exact) mass is 334 g/mol. The molecule has 0 spiro atoms. The van der Waals surface area contributed by atoms with Crippen LogP contribution in [0.4, 0.5) is 0 Å². The molecule has 2 atom stereocenters. The van der Waals surface area contributed by atoms with Gasteiger partial charge >= 0.3 is 11.9 Å². The van der Waals surface area contributed by atoms with Crippen molar-refractivity contribution >= 4 is 17.7 Å². The molecule has 0 amide bonds. The van der Waals surface area contributed by atoms with Gasteiger partial charge in [-0.15, -0.1) is 0 Å². The number of ketones is 1. The number of methoxy groups -OCH3 is 2. The molecular weight excluding hydrogens is 308 g/mol. The van der Waals surface area contributed by atoms with Gasteiger partial charge in [-0.25, -0.2) is 0 Å². The third-order valence-electron chi connectivity index (χ3n) is 5.76. The van der Waals surface area contributed by atoms with Crippen molar-refractivity contribution in [1.82, 2.24) is 0 Å². The van der Waals surface area contributed by atoms with Crippen LogP contribution in [-0.2, 0) is 23.9 Å². The predicted octanol–water partition coefficient (Wildman–Crippen LogP) is 2.99. The van der Waals surface area contributed by atoms with Crippen molar-refractivity contribution in [2.75, 3.05) is 14.2 Å². The van der Waals surface area contributed by atoms with Gasteiger partial charge < -0.3 is 9.47 Å². The largest absolute Gasteiger partial charge is 0.468 e. The molecule has 2 aliphatic carbocycles. The molecule has 0 aromatic heterocycles. The fourth-order valence-corrected chi connectivity index (χ4v) is 4.73. The highest BCUT2D eigenvalue weighted by atomic mass is 16.5. The van der Waals surface area contributed by atoms with Crippen molar-refractivity contribution in [3.8, 4) is 0 Å². The van der Waals surface area contributed by atoms with Crippen LogP contribution in [0.3, 0.4) is 0 Å². The normalized spacial score (nSPS) is 28.9. The summed E-state index contributed by atoms with van der Waals surface area (Å²) in [6.07, 6.45) is 1.81. The number of Topliss-reactive ketones (excluding diaryl/α,β-unsaturated/α-hetero) is 1.